The molecule has 0 radical (unpaired) electrons. The first-order chi connectivity index (χ1) is 11.5. The summed E-state index contributed by atoms with van der Waals surface area (Å²) in [6, 6.07) is 0. The Balaban J connectivity index is 0. The van der Waals surface area contributed by atoms with Crippen molar-refractivity contribution in [2.75, 3.05) is 33.8 Å². The van der Waals surface area contributed by atoms with E-state index >= 15 is 0 Å². The van der Waals surface area contributed by atoms with Crippen molar-refractivity contribution in [1.82, 2.24) is 0 Å². The van der Waals surface area contributed by atoms with Crippen LogP contribution in [0.1, 0.15) is 97.3 Å². The maximum atomic E-state index is 11.8. The van der Waals surface area contributed by atoms with Crippen LogP contribution in [0, 0.1) is 0 Å². The third-order valence-corrected chi connectivity index (χ3v) is 4.65. The highest BCUT2D eigenvalue weighted by atomic mass is 35.5. The highest BCUT2D eigenvalue weighted by molar-refractivity contribution is 5.70. The molecule has 0 bridgehead atoms. The van der Waals surface area contributed by atoms with Gasteiger partial charge in [0.1, 0.15) is 0 Å². The van der Waals surface area contributed by atoms with Gasteiger partial charge in [-0.1, -0.05) is 84.5 Å². The van der Waals surface area contributed by atoms with Crippen LogP contribution in [0.15, 0.2) is 0 Å². The average molecular weight is 378 g/mol. The topological polar surface area (TPSA) is 26.3 Å². The minimum atomic E-state index is -0.0449. The smallest absolute Gasteiger partial charge is 0.361 e. The number of hydrogen-bond donors (Lipinski definition) is 0. The first kappa shape index (κ1) is 26.9. The number of likely N-dealkylation sites (N-methyl/N-ethyl adjacent to an activating group) is 1. The molecule has 0 aliphatic heterocycles. The molecule has 0 aliphatic carbocycles. The molecule has 0 rings (SSSR count). The molecule has 0 amide bonds. The maximum Gasteiger partial charge on any atom is 0.361 e. The lowest BCUT2D eigenvalue weighted by Crippen LogP contribution is -3.00. The summed E-state index contributed by atoms with van der Waals surface area (Å²) in [6.45, 7) is 6.54. The monoisotopic (exact) mass is 377 g/mol. The Morgan fingerprint density at radius 3 is 1.60 bits per heavy atom. The van der Waals surface area contributed by atoms with Crippen LogP contribution in [0.3, 0.4) is 0 Å². The van der Waals surface area contributed by atoms with Crippen molar-refractivity contribution >= 4 is 5.97 Å². The number of carbonyl (C=O) groups is 1. The van der Waals surface area contributed by atoms with Crippen molar-refractivity contribution in [3.05, 3.63) is 0 Å². The number of hydrogen-bond acceptors (Lipinski definition) is 2. The molecule has 0 N–H and O–H groups in total. The Hall–Kier alpha value is -0.280. The fourth-order valence-electron chi connectivity index (χ4n) is 3.21. The van der Waals surface area contributed by atoms with Gasteiger partial charge in [-0.3, -0.25) is 0 Å². The second kappa shape index (κ2) is 18.5. The average Bonchev–Trinajstić information content (AvgIpc) is 2.51. The molecule has 0 unspecified atom stereocenters. The van der Waals surface area contributed by atoms with Crippen LogP contribution in [-0.2, 0) is 9.53 Å². The van der Waals surface area contributed by atoms with Crippen molar-refractivity contribution in [2.45, 2.75) is 97.3 Å². The zero-order chi connectivity index (χ0) is 18.1. The molecule has 0 spiro atoms. The maximum absolute atomic E-state index is 11.8. The zero-order valence-corrected chi connectivity index (χ0v) is 18.2. The van der Waals surface area contributed by atoms with Crippen molar-refractivity contribution in [3.63, 3.8) is 0 Å². The van der Waals surface area contributed by atoms with Crippen LogP contribution in [-0.4, -0.2) is 44.2 Å². The third kappa shape index (κ3) is 19.9. The summed E-state index contributed by atoms with van der Waals surface area (Å²) in [6.07, 6.45) is 17.1. The number of ether oxygens (including phenoxy) is 1. The molecule has 25 heavy (non-hydrogen) atoms. The summed E-state index contributed by atoms with van der Waals surface area (Å²) < 4.78 is 6.09. The second-order valence-electron chi connectivity index (χ2n) is 7.93. The van der Waals surface area contributed by atoms with Gasteiger partial charge in [0.05, 0.1) is 27.2 Å². The fourth-order valence-corrected chi connectivity index (χ4v) is 3.21. The fraction of sp³-hybridized carbons (Fsp3) is 0.952. The summed E-state index contributed by atoms with van der Waals surface area (Å²) in [7, 11) is 4.18. The van der Waals surface area contributed by atoms with Crippen LogP contribution < -0.4 is 12.4 Å². The number of rotatable bonds is 17. The Morgan fingerprint density at radius 2 is 1.16 bits per heavy atom. The van der Waals surface area contributed by atoms with E-state index in [-0.39, 0.29) is 18.4 Å². The number of carbonyl (C=O) groups excluding carboxylic acids is 1. The Labute approximate surface area is 163 Å². The summed E-state index contributed by atoms with van der Waals surface area (Å²) in [5, 5.41) is 0. The minimum absolute atomic E-state index is 0. The number of unbranched alkanes of at least 4 members (excludes halogenated alkanes) is 11. The molecule has 0 heterocycles. The largest absolute Gasteiger partial charge is 1.00 e. The molecule has 3 nitrogen and oxygen atoms in total. The predicted octanol–water partition coefficient (Wildman–Crippen LogP) is 2.72. The van der Waals surface area contributed by atoms with Gasteiger partial charge < -0.3 is 21.6 Å². The van der Waals surface area contributed by atoms with E-state index in [0.29, 0.717) is 13.2 Å². The summed E-state index contributed by atoms with van der Waals surface area (Å²) in [4.78, 5) is 11.8. The molecule has 0 aliphatic rings. The summed E-state index contributed by atoms with van der Waals surface area (Å²) in [5.74, 6) is -0.0449. The van der Waals surface area contributed by atoms with Crippen LogP contribution in [0.2, 0.25) is 0 Å². The van der Waals surface area contributed by atoms with Crippen LogP contribution in [0.4, 0.5) is 0 Å². The highest BCUT2D eigenvalue weighted by Gasteiger charge is 2.19. The number of halogens is 1. The molecule has 0 aromatic carbocycles. The molecule has 0 saturated carbocycles. The van der Waals surface area contributed by atoms with Crippen molar-refractivity contribution in [1.29, 1.82) is 0 Å². The van der Waals surface area contributed by atoms with Crippen LogP contribution >= 0.6 is 0 Å². The van der Waals surface area contributed by atoms with Gasteiger partial charge in [-0.15, -0.1) is 0 Å². The number of esters is 1. The van der Waals surface area contributed by atoms with E-state index < -0.39 is 0 Å². The molecule has 4 heteroatoms. The lowest BCUT2D eigenvalue weighted by atomic mass is 10.1. The van der Waals surface area contributed by atoms with Crippen molar-refractivity contribution in [3.8, 4) is 0 Å². The van der Waals surface area contributed by atoms with E-state index in [9.17, 15) is 4.79 Å². The molecular weight excluding hydrogens is 334 g/mol. The summed E-state index contributed by atoms with van der Waals surface area (Å²) in [5.41, 5.74) is 0. The third-order valence-electron chi connectivity index (χ3n) is 4.65. The van der Waals surface area contributed by atoms with Gasteiger partial charge in [-0.05, 0) is 12.8 Å². The van der Waals surface area contributed by atoms with Gasteiger partial charge in [0.15, 0.2) is 6.54 Å². The van der Waals surface area contributed by atoms with Crippen molar-refractivity contribution in [2.24, 2.45) is 0 Å². The molecule has 0 saturated heterocycles. The van der Waals surface area contributed by atoms with Gasteiger partial charge in [0.25, 0.3) is 0 Å². The molecule has 0 aromatic heterocycles. The standard InChI is InChI=1S/C21H44NO2.ClH/c1-5-7-8-9-10-11-12-13-14-15-16-17-19-24-21(23)20-22(3,4)18-6-2;/h5-20H2,1-4H3;1H/q+1;/p-1. The lowest BCUT2D eigenvalue weighted by molar-refractivity contribution is -0.883. The van der Waals surface area contributed by atoms with E-state index in [1.165, 1.54) is 70.6 Å². The van der Waals surface area contributed by atoms with E-state index in [1.54, 1.807) is 0 Å². The van der Waals surface area contributed by atoms with Gasteiger partial charge in [0.2, 0.25) is 0 Å². The zero-order valence-electron chi connectivity index (χ0n) is 17.5. The molecule has 152 valence electrons. The van der Waals surface area contributed by atoms with E-state index in [4.69, 9.17) is 4.74 Å². The number of quaternary nitrogens is 1. The first-order valence-corrected chi connectivity index (χ1v) is 10.5. The molecular formula is C21H44ClNO2. The van der Waals surface area contributed by atoms with E-state index in [0.717, 1.165) is 23.9 Å². The molecule has 0 aromatic rings. The highest BCUT2D eigenvalue weighted by Crippen LogP contribution is 2.12. The Bertz CT molecular complexity index is 296. The number of nitrogens with zero attached hydrogens (tertiary/aromatic N) is 1. The molecule has 0 fully saturated rings. The van der Waals surface area contributed by atoms with Crippen LogP contribution in [0.25, 0.3) is 0 Å². The lowest BCUT2D eigenvalue weighted by Gasteiger charge is -2.27. The molecule has 0 atom stereocenters. The summed E-state index contributed by atoms with van der Waals surface area (Å²) >= 11 is 0. The van der Waals surface area contributed by atoms with E-state index in [2.05, 4.69) is 27.9 Å². The second-order valence-corrected chi connectivity index (χ2v) is 7.93. The van der Waals surface area contributed by atoms with E-state index in [1.807, 2.05) is 0 Å². The quantitative estimate of drug-likeness (QED) is 0.221. The Kier molecular flexibility index (Phi) is 19.9. The minimum Gasteiger partial charge on any atom is -1.00 e. The first-order valence-electron chi connectivity index (χ1n) is 10.5. The van der Waals surface area contributed by atoms with Gasteiger partial charge >= 0.3 is 5.97 Å². The van der Waals surface area contributed by atoms with Gasteiger partial charge in [-0.25, -0.2) is 4.79 Å². The normalized spacial score (nSPS) is 11.2. The predicted molar refractivity (Wildman–Crippen MR) is 104 cm³/mol. The van der Waals surface area contributed by atoms with Crippen molar-refractivity contribution < 1.29 is 26.4 Å². The Morgan fingerprint density at radius 1 is 0.720 bits per heavy atom. The van der Waals surface area contributed by atoms with Gasteiger partial charge in [-0.2, -0.15) is 0 Å². The van der Waals surface area contributed by atoms with Gasteiger partial charge in [0, 0.05) is 0 Å². The SMILES string of the molecule is CCCCCCCCCCCCCCOC(=O)C[N+](C)(C)CCC.[Cl-]. The van der Waals surface area contributed by atoms with Crippen LogP contribution in [0.5, 0.6) is 0 Å².